The van der Waals surface area contributed by atoms with Crippen molar-refractivity contribution in [2.75, 3.05) is 32.7 Å². The number of nitrogens with zero attached hydrogens (tertiary/aromatic N) is 2. The summed E-state index contributed by atoms with van der Waals surface area (Å²) in [6.07, 6.45) is 4.38. The molecule has 2 aliphatic heterocycles. The molecule has 17 heavy (non-hydrogen) atoms. The molecule has 0 N–H and O–H groups in total. The number of hydrogen-bond acceptors (Lipinski definition) is 2. The van der Waals surface area contributed by atoms with E-state index in [-0.39, 0.29) is 0 Å². The van der Waals surface area contributed by atoms with Crippen molar-refractivity contribution >= 4 is 5.91 Å². The minimum atomic E-state index is 0.403. The Balaban J connectivity index is 1.74. The molecule has 2 saturated heterocycles. The predicted octanol–water partition coefficient (Wildman–Crippen LogP) is 1.98. The van der Waals surface area contributed by atoms with Crippen LogP contribution in [0, 0.1) is 11.8 Å². The van der Waals surface area contributed by atoms with Gasteiger partial charge < -0.3 is 9.80 Å². The fourth-order valence-electron chi connectivity index (χ4n) is 3.00. The average Bonchev–Trinajstić information content (AvgIpc) is 2.77. The van der Waals surface area contributed by atoms with Gasteiger partial charge in [-0.25, -0.2) is 0 Å². The van der Waals surface area contributed by atoms with Crippen molar-refractivity contribution in [1.29, 1.82) is 0 Å². The van der Waals surface area contributed by atoms with E-state index in [1.54, 1.807) is 0 Å². The molecule has 1 amide bonds. The zero-order valence-electron chi connectivity index (χ0n) is 11.3. The molecule has 2 fully saturated rings. The Morgan fingerprint density at radius 2 is 1.88 bits per heavy atom. The lowest BCUT2D eigenvalue weighted by Crippen LogP contribution is -2.38. The molecule has 3 nitrogen and oxygen atoms in total. The largest absolute Gasteiger partial charge is 0.343 e. The highest BCUT2D eigenvalue weighted by molar-refractivity contribution is 5.76. The van der Waals surface area contributed by atoms with E-state index < -0.39 is 0 Å². The second-order valence-corrected chi connectivity index (χ2v) is 5.82. The Morgan fingerprint density at radius 3 is 2.47 bits per heavy atom. The molecule has 2 rings (SSSR count). The molecule has 1 atom stereocenters. The van der Waals surface area contributed by atoms with Crippen LogP contribution in [0.4, 0.5) is 0 Å². The summed E-state index contributed by atoms with van der Waals surface area (Å²) in [6.45, 7) is 9.92. The summed E-state index contributed by atoms with van der Waals surface area (Å²) in [4.78, 5) is 16.7. The van der Waals surface area contributed by atoms with Crippen LogP contribution in [0.3, 0.4) is 0 Å². The van der Waals surface area contributed by atoms with E-state index in [2.05, 4.69) is 23.6 Å². The number of carbonyl (C=O) groups is 1. The highest BCUT2D eigenvalue weighted by Crippen LogP contribution is 2.22. The first-order chi connectivity index (χ1) is 8.19. The van der Waals surface area contributed by atoms with Crippen LogP contribution in [0.5, 0.6) is 0 Å². The van der Waals surface area contributed by atoms with Gasteiger partial charge in [0.2, 0.25) is 5.91 Å². The number of amides is 1. The molecule has 0 saturated carbocycles. The third-order valence-corrected chi connectivity index (χ3v) is 4.42. The molecular formula is C14H26N2O. The van der Waals surface area contributed by atoms with Gasteiger partial charge in [-0.3, -0.25) is 4.79 Å². The normalized spacial score (nSPS) is 27.6. The van der Waals surface area contributed by atoms with Gasteiger partial charge in [-0.15, -0.1) is 0 Å². The monoisotopic (exact) mass is 238 g/mol. The maximum absolute atomic E-state index is 12.2. The minimum absolute atomic E-state index is 0.403. The quantitative estimate of drug-likeness (QED) is 0.750. The molecule has 2 heterocycles. The number of hydrogen-bond donors (Lipinski definition) is 0. The average molecular weight is 238 g/mol. The van der Waals surface area contributed by atoms with Gasteiger partial charge in [-0.1, -0.05) is 13.8 Å². The minimum Gasteiger partial charge on any atom is -0.343 e. The van der Waals surface area contributed by atoms with Crippen LogP contribution in [0.2, 0.25) is 0 Å². The lowest BCUT2D eigenvalue weighted by Gasteiger charge is -2.31. The first-order valence-electron chi connectivity index (χ1n) is 7.19. The van der Waals surface area contributed by atoms with Gasteiger partial charge >= 0.3 is 0 Å². The molecule has 0 radical (unpaired) electrons. The van der Waals surface area contributed by atoms with Gasteiger partial charge in [0.25, 0.3) is 0 Å². The van der Waals surface area contributed by atoms with Crippen LogP contribution in [0.1, 0.15) is 39.5 Å². The van der Waals surface area contributed by atoms with Crippen LogP contribution in [-0.2, 0) is 4.79 Å². The van der Waals surface area contributed by atoms with Gasteiger partial charge in [0, 0.05) is 26.1 Å². The highest BCUT2D eigenvalue weighted by atomic mass is 16.2. The van der Waals surface area contributed by atoms with Gasteiger partial charge in [0.1, 0.15) is 0 Å². The molecule has 2 aliphatic rings. The topological polar surface area (TPSA) is 23.6 Å². The fourth-order valence-corrected chi connectivity index (χ4v) is 3.00. The Morgan fingerprint density at radius 1 is 1.18 bits per heavy atom. The summed E-state index contributed by atoms with van der Waals surface area (Å²) in [6, 6.07) is 0. The van der Waals surface area contributed by atoms with E-state index in [0.717, 1.165) is 38.5 Å². The maximum Gasteiger partial charge on any atom is 0.222 e. The molecule has 0 aromatic heterocycles. The zero-order valence-corrected chi connectivity index (χ0v) is 11.3. The molecule has 0 spiro atoms. The van der Waals surface area contributed by atoms with Crippen molar-refractivity contribution in [2.45, 2.75) is 39.5 Å². The van der Waals surface area contributed by atoms with Crippen LogP contribution in [0.15, 0.2) is 0 Å². The SMILES string of the molecule is CCN1CCC(CC(=O)N2CCC(C)CC2)C1. The third-order valence-electron chi connectivity index (χ3n) is 4.42. The van der Waals surface area contributed by atoms with E-state index in [1.165, 1.54) is 25.8 Å². The van der Waals surface area contributed by atoms with E-state index in [9.17, 15) is 4.79 Å². The second kappa shape index (κ2) is 5.85. The molecule has 0 bridgehead atoms. The molecule has 0 aromatic rings. The molecule has 3 heteroatoms. The Kier molecular flexibility index (Phi) is 4.43. The Bertz CT molecular complexity index is 259. The van der Waals surface area contributed by atoms with Crippen molar-refractivity contribution in [1.82, 2.24) is 9.80 Å². The first-order valence-corrected chi connectivity index (χ1v) is 7.19. The van der Waals surface area contributed by atoms with E-state index in [4.69, 9.17) is 0 Å². The van der Waals surface area contributed by atoms with Crippen molar-refractivity contribution in [3.63, 3.8) is 0 Å². The lowest BCUT2D eigenvalue weighted by molar-refractivity contribution is -0.133. The Labute approximate surface area is 105 Å². The summed E-state index contributed by atoms with van der Waals surface area (Å²) >= 11 is 0. The number of likely N-dealkylation sites (tertiary alicyclic amines) is 2. The van der Waals surface area contributed by atoms with Crippen LogP contribution < -0.4 is 0 Å². The van der Waals surface area contributed by atoms with Crippen LogP contribution in [0.25, 0.3) is 0 Å². The van der Waals surface area contributed by atoms with E-state index >= 15 is 0 Å². The maximum atomic E-state index is 12.2. The second-order valence-electron chi connectivity index (χ2n) is 5.82. The highest BCUT2D eigenvalue weighted by Gasteiger charge is 2.27. The van der Waals surface area contributed by atoms with Crippen molar-refractivity contribution in [2.24, 2.45) is 11.8 Å². The van der Waals surface area contributed by atoms with Crippen LogP contribution in [-0.4, -0.2) is 48.4 Å². The van der Waals surface area contributed by atoms with Gasteiger partial charge in [-0.05, 0) is 44.2 Å². The lowest BCUT2D eigenvalue weighted by atomic mass is 9.97. The van der Waals surface area contributed by atoms with Crippen LogP contribution >= 0.6 is 0 Å². The van der Waals surface area contributed by atoms with Gasteiger partial charge in [0.05, 0.1) is 0 Å². The fraction of sp³-hybridized carbons (Fsp3) is 0.929. The van der Waals surface area contributed by atoms with Gasteiger partial charge in [0.15, 0.2) is 0 Å². The molecule has 0 aliphatic carbocycles. The van der Waals surface area contributed by atoms with E-state index in [1.807, 2.05) is 0 Å². The molecule has 0 aromatic carbocycles. The molecule has 98 valence electrons. The summed E-state index contributed by atoms with van der Waals surface area (Å²) in [5.41, 5.74) is 0. The van der Waals surface area contributed by atoms with Crippen molar-refractivity contribution in [3.8, 4) is 0 Å². The summed E-state index contributed by atoms with van der Waals surface area (Å²) in [5.74, 6) is 1.82. The molecule has 1 unspecified atom stereocenters. The number of carbonyl (C=O) groups excluding carboxylic acids is 1. The standard InChI is InChI=1S/C14H26N2O/c1-3-15-7-6-13(11-15)10-14(17)16-8-4-12(2)5-9-16/h12-13H,3-11H2,1-2H3. The van der Waals surface area contributed by atoms with Crippen molar-refractivity contribution in [3.05, 3.63) is 0 Å². The smallest absolute Gasteiger partial charge is 0.222 e. The predicted molar refractivity (Wildman–Crippen MR) is 69.8 cm³/mol. The summed E-state index contributed by atoms with van der Waals surface area (Å²) < 4.78 is 0. The van der Waals surface area contributed by atoms with Crippen molar-refractivity contribution < 1.29 is 4.79 Å². The summed E-state index contributed by atoms with van der Waals surface area (Å²) in [7, 11) is 0. The number of rotatable bonds is 3. The first kappa shape index (κ1) is 12.9. The summed E-state index contributed by atoms with van der Waals surface area (Å²) in [5, 5.41) is 0. The third kappa shape index (κ3) is 3.44. The Hall–Kier alpha value is -0.570. The number of piperidine rings is 1. The van der Waals surface area contributed by atoms with E-state index in [0.29, 0.717) is 11.8 Å². The molecular weight excluding hydrogens is 212 g/mol. The van der Waals surface area contributed by atoms with Gasteiger partial charge in [-0.2, -0.15) is 0 Å². The zero-order chi connectivity index (χ0) is 12.3.